The van der Waals surface area contributed by atoms with E-state index in [1.54, 1.807) is 0 Å². The molecule has 2 N–H and O–H groups in total. The van der Waals surface area contributed by atoms with Crippen molar-refractivity contribution in [2.75, 3.05) is 0 Å². The van der Waals surface area contributed by atoms with Gasteiger partial charge >= 0.3 is 0 Å². The molecule has 11 rings (SSSR count). The summed E-state index contributed by atoms with van der Waals surface area (Å²) in [4.78, 5) is 7.97. The van der Waals surface area contributed by atoms with Crippen molar-refractivity contribution in [1.29, 1.82) is 0 Å². The second kappa shape index (κ2) is 13.2. The third kappa shape index (κ3) is 4.96. The highest BCUT2D eigenvalue weighted by molar-refractivity contribution is 7.99. The smallest absolute Gasteiger partial charge is 0.152 e. The van der Waals surface area contributed by atoms with Gasteiger partial charge < -0.3 is 0 Å². The summed E-state index contributed by atoms with van der Waals surface area (Å²) < 4.78 is 0. The molecule has 8 aromatic carbocycles. The third-order valence-corrected chi connectivity index (χ3v) is 12.6. The molecule has 264 valence electrons. The summed E-state index contributed by atoms with van der Waals surface area (Å²) in [6.45, 7) is 0. The highest BCUT2D eigenvalue weighted by atomic mass is 32.2. The topological polar surface area (TPSA) is 36.4 Å². The van der Waals surface area contributed by atoms with Gasteiger partial charge in [0.25, 0.3) is 0 Å². The normalized spacial score (nSPS) is 14.5. The molecule has 0 atom stereocenters. The summed E-state index contributed by atoms with van der Waals surface area (Å²) in [7, 11) is 0. The third-order valence-electron chi connectivity index (χ3n) is 11.4. The van der Waals surface area contributed by atoms with Crippen molar-refractivity contribution in [1.82, 2.24) is 10.9 Å². The van der Waals surface area contributed by atoms with Gasteiger partial charge in [-0.3, -0.25) is 10.9 Å². The molecule has 0 aromatic heterocycles. The van der Waals surface area contributed by atoms with Crippen molar-refractivity contribution >= 4 is 29.0 Å². The number of rotatable bonds is 5. The van der Waals surface area contributed by atoms with Crippen LogP contribution in [0.1, 0.15) is 38.9 Å². The molecule has 2 aliphatic heterocycles. The van der Waals surface area contributed by atoms with E-state index in [-0.39, 0.29) is 0 Å². The van der Waals surface area contributed by atoms with Crippen LogP contribution < -0.4 is 10.9 Å². The van der Waals surface area contributed by atoms with Crippen molar-refractivity contribution < 1.29 is 0 Å². The number of amidine groups is 1. The Morgan fingerprint density at radius 1 is 0.357 bits per heavy atom. The highest BCUT2D eigenvalue weighted by Gasteiger charge is 2.50. The highest BCUT2D eigenvalue weighted by Crippen LogP contribution is 2.62. The molecular formula is C52H35N3S. The number of hydrazine groups is 1. The molecular weight excluding hydrogens is 699 g/mol. The van der Waals surface area contributed by atoms with E-state index in [2.05, 4.69) is 187 Å². The monoisotopic (exact) mass is 733 g/mol. The second-order valence-electron chi connectivity index (χ2n) is 14.4. The molecule has 4 heteroatoms. The zero-order chi connectivity index (χ0) is 37.1. The van der Waals surface area contributed by atoms with Crippen LogP contribution in [0.2, 0.25) is 0 Å². The van der Waals surface area contributed by atoms with Crippen LogP contribution in [-0.2, 0) is 5.41 Å². The minimum absolute atomic E-state index is 0.439. The van der Waals surface area contributed by atoms with Crippen molar-refractivity contribution in [2.24, 2.45) is 4.99 Å². The fourth-order valence-electron chi connectivity index (χ4n) is 9.03. The van der Waals surface area contributed by atoms with Gasteiger partial charge in [-0.25, -0.2) is 4.99 Å². The molecule has 8 aromatic rings. The first kappa shape index (κ1) is 32.5. The molecule has 0 unspecified atom stereocenters. The van der Waals surface area contributed by atoms with E-state index in [0.717, 1.165) is 45.0 Å². The van der Waals surface area contributed by atoms with Crippen LogP contribution in [0.25, 0.3) is 44.8 Å². The van der Waals surface area contributed by atoms with Gasteiger partial charge in [-0.05, 0) is 73.8 Å². The van der Waals surface area contributed by atoms with Crippen molar-refractivity contribution in [3.63, 3.8) is 0 Å². The van der Waals surface area contributed by atoms with Crippen LogP contribution in [0.15, 0.2) is 215 Å². The summed E-state index contributed by atoms with van der Waals surface area (Å²) in [6, 6.07) is 72.4. The molecule has 3 nitrogen and oxygen atoms in total. The standard InChI is InChI=1S/C52H35N3S/c1-3-17-34(18-4-1)49-50(53-51(55-54-49)35-19-5-2-6-20-35)42-25-10-9-23-39(42)38-22-8-7-21-37(38)36-31-32-41-40-24-11-12-26-43(40)52(46(41)33-36)44-27-13-15-29-47(44)56-48-30-16-14-28-45(48)52/h1-33,54H,(H,53,55). The zero-order valence-corrected chi connectivity index (χ0v) is 31.2. The Hall–Kier alpha value is -6.88. The van der Waals surface area contributed by atoms with Gasteiger partial charge in [0.2, 0.25) is 0 Å². The SMILES string of the molecule is c1ccc(C2=NC(c3ccccc3-c3ccccc3-c3ccc4c(c3)C3(c5ccccc5Sc5ccccc53)c3ccccc3-4)=C(c3ccccc3)NN2)cc1. The van der Waals surface area contributed by atoms with Crippen LogP contribution in [-0.4, -0.2) is 5.84 Å². The fraction of sp³-hybridized carbons (Fsp3) is 0.0192. The van der Waals surface area contributed by atoms with E-state index in [1.165, 1.54) is 54.3 Å². The van der Waals surface area contributed by atoms with Gasteiger partial charge in [-0.1, -0.05) is 194 Å². The molecule has 0 saturated heterocycles. The molecule has 0 saturated carbocycles. The molecule has 2 heterocycles. The van der Waals surface area contributed by atoms with Gasteiger partial charge in [-0.2, -0.15) is 0 Å². The van der Waals surface area contributed by atoms with Crippen molar-refractivity contribution in [3.8, 4) is 33.4 Å². The second-order valence-corrected chi connectivity index (χ2v) is 15.5. The van der Waals surface area contributed by atoms with E-state index >= 15 is 0 Å². The minimum Gasteiger partial charge on any atom is -0.297 e. The number of hydrogen-bond donors (Lipinski definition) is 2. The molecule has 0 amide bonds. The first-order valence-corrected chi connectivity index (χ1v) is 19.9. The first-order chi connectivity index (χ1) is 27.8. The lowest BCUT2D eigenvalue weighted by Crippen LogP contribution is -2.40. The lowest BCUT2D eigenvalue weighted by molar-refractivity contribution is 0.722. The minimum atomic E-state index is -0.439. The first-order valence-electron chi connectivity index (χ1n) is 19.1. The van der Waals surface area contributed by atoms with Gasteiger partial charge in [0.15, 0.2) is 5.84 Å². The van der Waals surface area contributed by atoms with Crippen molar-refractivity contribution in [2.45, 2.75) is 15.2 Å². The summed E-state index contributed by atoms with van der Waals surface area (Å²) in [6.07, 6.45) is 0. The maximum absolute atomic E-state index is 5.36. The van der Waals surface area contributed by atoms with E-state index in [1.807, 2.05) is 36.0 Å². The Labute approximate surface area is 331 Å². The maximum atomic E-state index is 5.36. The number of nitrogens with one attached hydrogen (secondary N) is 2. The lowest BCUT2D eigenvalue weighted by atomic mass is 9.67. The Morgan fingerprint density at radius 3 is 1.54 bits per heavy atom. The largest absolute Gasteiger partial charge is 0.297 e. The Morgan fingerprint density at radius 2 is 0.857 bits per heavy atom. The van der Waals surface area contributed by atoms with Gasteiger partial charge in [-0.15, -0.1) is 0 Å². The van der Waals surface area contributed by atoms with Crippen LogP contribution in [0.5, 0.6) is 0 Å². The Kier molecular flexibility index (Phi) is 7.64. The Balaban J connectivity index is 1.13. The lowest BCUT2D eigenvalue weighted by Gasteiger charge is -2.39. The van der Waals surface area contributed by atoms with Gasteiger partial charge in [0.1, 0.15) is 0 Å². The van der Waals surface area contributed by atoms with Crippen LogP contribution in [0, 0.1) is 0 Å². The van der Waals surface area contributed by atoms with E-state index in [9.17, 15) is 0 Å². The molecule has 0 radical (unpaired) electrons. The number of benzene rings is 8. The molecule has 1 spiro atoms. The molecule has 3 aliphatic rings. The van der Waals surface area contributed by atoms with Gasteiger partial charge in [0.05, 0.1) is 16.8 Å². The molecule has 56 heavy (non-hydrogen) atoms. The fourth-order valence-corrected chi connectivity index (χ4v) is 10.2. The summed E-state index contributed by atoms with van der Waals surface area (Å²) >= 11 is 1.88. The molecule has 0 fully saturated rings. The quantitative estimate of drug-likeness (QED) is 0.185. The average molecular weight is 734 g/mol. The Bertz CT molecular complexity index is 2850. The van der Waals surface area contributed by atoms with Crippen LogP contribution in [0.3, 0.4) is 0 Å². The van der Waals surface area contributed by atoms with E-state index < -0.39 is 5.41 Å². The maximum Gasteiger partial charge on any atom is 0.152 e. The molecule has 1 aliphatic carbocycles. The zero-order valence-electron chi connectivity index (χ0n) is 30.4. The number of fused-ring (bicyclic) bond motifs is 9. The summed E-state index contributed by atoms with van der Waals surface area (Å²) in [5, 5.41) is 0. The summed E-state index contributed by atoms with van der Waals surface area (Å²) in [5.74, 6) is 0.776. The van der Waals surface area contributed by atoms with Crippen molar-refractivity contribution in [3.05, 3.63) is 239 Å². The number of hydrogen-bond acceptors (Lipinski definition) is 4. The number of aliphatic imine (C=N–C) groups is 1. The van der Waals surface area contributed by atoms with Crippen LogP contribution in [0.4, 0.5) is 0 Å². The van der Waals surface area contributed by atoms with E-state index in [4.69, 9.17) is 4.99 Å². The average Bonchev–Trinajstić information content (AvgIpc) is 3.57. The summed E-state index contributed by atoms with van der Waals surface area (Å²) in [5.41, 5.74) is 24.0. The number of nitrogens with zero attached hydrogens (tertiary/aromatic N) is 1. The van der Waals surface area contributed by atoms with E-state index in [0.29, 0.717) is 0 Å². The molecule has 0 bridgehead atoms. The predicted octanol–water partition coefficient (Wildman–Crippen LogP) is 12.2. The predicted molar refractivity (Wildman–Crippen MR) is 231 cm³/mol. The van der Waals surface area contributed by atoms with Gasteiger partial charge in [0, 0.05) is 26.5 Å². The van der Waals surface area contributed by atoms with Crippen LogP contribution >= 0.6 is 11.8 Å².